The molecule has 196 valence electrons. The van der Waals surface area contributed by atoms with Crippen molar-refractivity contribution in [1.29, 1.82) is 0 Å². The van der Waals surface area contributed by atoms with Crippen LogP contribution in [0.5, 0.6) is 0 Å². The third kappa shape index (κ3) is 8.98. The highest BCUT2D eigenvalue weighted by Crippen LogP contribution is 2.14. The van der Waals surface area contributed by atoms with E-state index in [1.807, 2.05) is 54.6 Å². The minimum absolute atomic E-state index is 0. The number of carbonyl (C=O) groups is 1. The van der Waals surface area contributed by atoms with E-state index >= 15 is 0 Å². The third-order valence-corrected chi connectivity index (χ3v) is 5.77. The summed E-state index contributed by atoms with van der Waals surface area (Å²) in [7, 11) is 0. The standard InChI is InChI=1S/C28H29FN4O2.2ClH/c29-25-9-5-4-8-23(25)20-33-17-16-31-27(33)18-28(35)32-24-12-10-21(11-13-24)14-15-30-19-26(34)22-6-2-1-3-7-22;;/h1-13,16-17,26,30,34H,14-15,18-20H2,(H,32,35);2*1H/t26-;;/m0../s1. The van der Waals surface area contributed by atoms with E-state index in [1.165, 1.54) is 6.07 Å². The average Bonchev–Trinajstić information content (AvgIpc) is 3.30. The molecular weight excluding hydrogens is 514 g/mol. The number of aromatic nitrogens is 2. The van der Waals surface area contributed by atoms with Crippen molar-refractivity contribution in [3.05, 3.63) is 120 Å². The Morgan fingerprint density at radius 3 is 2.41 bits per heavy atom. The highest BCUT2D eigenvalue weighted by atomic mass is 35.5. The van der Waals surface area contributed by atoms with Gasteiger partial charge in [-0.05, 0) is 42.3 Å². The van der Waals surface area contributed by atoms with Crippen LogP contribution in [0, 0.1) is 5.82 Å². The van der Waals surface area contributed by atoms with E-state index in [2.05, 4.69) is 15.6 Å². The summed E-state index contributed by atoms with van der Waals surface area (Å²) in [5.74, 6) is 0.112. The van der Waals surface area contributed by atoms with Crippen LogP contribution in [-0.4, -0.2) is 33.7 Å². The van der Waals surface area contributed by atoms with Crippen molar-refractivity contribution < 1.29 is 14.3 Å². The van der Waals surface area contributed by atoms with Crippen molar-refractivity contribution in [2.75, 3.05) is 18.4 Å². The summed E-state index contributed by atoms with van der Waals surface area (Å²) in [6, 6.07) is 23.9. The van der Waals surface area contributed by atoms with Crippen LogP contribution in [0.15, 0.2) is 91.3 Å². The lowest BCUT2D eigenvalue weighted by atomic mass is 10.1. The first-order valence-electron chi connectivity index (χ1n) is 11.6. The van der Waals surface area contributed by atoms with Crippen molar-refractivity contribution >= 4 is 36.4 Å². The Morgan fingerprint density at radius 1 is 0.973 bits per heavy atom. The van der Waals surface area contributed by atoms with Crippen molar-refractivity contribution in [3.63, 3.8) is 0 Å². The molecule has 1 aromatic heterocycles. The minimum atomic E-state index is -0.531. The van der Waals surface area contributed by atoms with Crippen LogP contribution in [0.4, 0.5) is 10.1 Å². The van der Waals surface area contributed by atoms with Crippen LogP contribution < -0.4 is 10.6 Å². The summed E-state index contributed by atoms with van der Waals surface area (Å²) in [5.41, 5.74) is 3.28. The zero-order valence-corrected chi connectivity index (χ0v) is 21.9. The predicted molar refractivity (Wildman–Crippen MR) is 149 cm³/mol. The molecule has 37 heavy (non-hydrogen) atoms. The molecule has 4 rings (SSSR count). The maximum atomic E-state index is 14.0. The lowest BCUT2D eigenvalue weighted by molar-refractivity contribution is -0.115. The lowest BCUT2D eigenvalue weighted by Gasteiger charge is -2.12. The molecule has 0 unspecified atom stereocenters. The highest BCUT2D eigenvalue weighted by Gasteiger charge is 2.11. The molecule has 0 bridgehead atoms. The van der Waals surface area contributed by atoms with Gasteiger partial charge in [-0.3, -0.25) is 4.79 Å². The first-order valence-corrected chi connectivity index (χ1v) is 11.6. The molecule has 0 aliphatic carbocycles. The van der Waals surface area contributed by atoms with Crippen LogP contribution >= 0.6 is 24.8 Å². The Hall–Kier alpha value is -3.23. The number of aliphatic hydroxyl groups excluding tert-OH is 1. The second-order valence-electron chi connectivity index (χ2n) is 8.37. The van der Waals surface area contributed by atoms with Crippen LogP contribution in [-0.2, 0) is 24.2 Å². The first-order chi connectivity index (χ1) is 17.1. The fourth-order valence-corrected chi connectivity index (χ4v) is 3.83. The predicted octanol–water partition coefficient (Wildman–Crippen LogP) is 4.96. The van der Waals surface area contributed by atoms with E-state index in [-0.39, 0.29) is 43.0 Å². The zero-order valence-electron chi connectivity index (χ0n) is 20.2. The van der Waals surface area contributed by atoms with Gasteiger partial charge in [-0.15, -0.1) is 24.8 Å². The molecule has 0 fully saturated rings. The molecule has 1 heterocycles. The first kappa shape index (κ1) is 30.0. The summed E-state index contributed by atoms with van der Waals surface area (Å²) in [6.07, 6.45) is 3.73. The number of carbonyl (C=O) groups excluding carboxylic acids is 1. The maximum absolute atomic E-state index is 14.0. The Bertz CT molecular complexity index is 1240. The van der Waals surface area contributed by atoms with E-state index in [9.17, 15) is 14.3 Å². The van der Waals surface area contributed by atoms with Crippen molar-refractivity contribution in [2.45, 2.75) is 25.5 Å². The molecule has 0 spiro atoms. The smallest absolute Gasteiger partial charge is 0.231 e. The molecule has 6 nitrogen and oxygen atoms in total. The molecular formula is C28H31Cl2FN4O2. The summed E-state index contributed by atoms with van der Waals surface area (Å²) in [5, 5.41) is 16.4. The molecule has 0 saturated heterocycles. The summed E-state index contributed by atoms with van der Waals surface area (Å²) in [6.45, 7) is 1.55. The SMILES string of the molecule is Cl.Cl.O=C(Cc1nccn1Cc1ccccc1F)Nc1ccc(CCNC[C@H](O)c2ccccc2)cc1. The number of hydrogen-bond acceptors (Lipinski definition) is 4. The van der Waals surface area contributed by atoms with Gasteiger partial charge in [-0.25, -0.2) is 9.37 Å². The second kappa shape index (κ2) is 15.1. The van der Waals surface area contributed by atoms with Gasteiger partial charge in [0.15, 0.2) is 0 Å². The topological polar surface area (TPSA) is 79.2 Å². The van der Waals surface area contributed by atoms with Crippen LogP contribution in [0.3, 0.4) is 0 Å². The van der Waals surface area contributed by atoms with Crippen molar-refractivity contribution in [3.8, 4) is 0 Å². The molecule has 3 aromatic carbocycles. The molecule has 9 heteroatoms. The van der Waals surface area contributed by atoms with E-state index < -0.39 is 6.10 Å². The van der Waals surface area contributed by atoms with E-state index in [0.29, 0.717) is 30.2 Å². The minimum Gasteiger partial charge on any atom is -0.387 e. The molecule has 1 atom stereocenters. The third-order valence-electron chi connectivity index (χ3n) is 5.77. The van der Waals surface area contributed by atoms with Gasteiger partial charge in [0.05, 0.1) is 19.1 Å². The molecule has 0 aliphatic heterocycles. The summed E-state index contributed by atoms with van der Waals surface area (Å²) >= 11 is 0. The normalized spacial score (nSPS) is 11.2. The summed E-state index contributed by atoms with van der Waals surface area (Å²) in [4.78, 5) is 16.8. The lowest BCUT2D eigenvalue weighted by Crippen LogP contribution is -2.23. The number of benzene rings is 3. The Balaban J connectivity index is 0.00000241. The highest BCUT2D eigenvalue weighted by molar-refractivity contribution is 5.91. The van der Waals surface area contributed by atoms with Crippen LogP contribution in [0.1, 0.15) is 28.6 Å². The largest absolute Gasteiger partial charge is 0.387 e. The molecule has 3 N–H and O–H groups in total. The van der Waals surface area contributed by atoms with Gasteiger partial charge in [0, 0.05) is 30.2 Å². The number of aliphatic hydroxyl groups is 1. The molecule has 1 amide bonds. The van der Waals surface area contributed by atoms with Gasteiger partial charge in [0.1, 0.15) is 11.6 Å². The molecule has 0 radical (unpaired) electrons. The Kier molecular flexibility index (Phi) is 12.3. The van der Waals surface area contributed by atoms with Gasteiger partial charge < -0.3 is 20.3 Å². The summed E-state index contributed by atoms with van der Waals surface area (Å²) < 4.78 is 15.8. The number of anilines is 1. The average molecular weight is 545 g/mol. The Labute approximate surface area is 228 Å². The van der Waals surface area contributed by atoms with Gasteiger partial charge in [0.2, 0.25) is 5.91 Å². The number of rotatable bonds is 11. The van der Waals surface area contributed by atoms with Crippen molar-refractivity contribution in [1.82, 2.24) is 14.9 Å². The zero-order chi connectivity index (χ0) is 24.5. The molecule has 0 saturated carbocycles. The quantitative estimate of drug-likeness (QED) is 0.233. The fraction of sp³-hybridized carbons (Fsp3) is 0.214. The molecule has 0 aliphatic rings. The number of nitrogens with zero attached hydrogens (tertiary/aromatic N) is 2. The number of hydrogen-bond donors (Lipinski definition) is 3. The monoisotopic (exact) mass is 544 g/mol. The second-order valence-corrected chi connectivity index (χ2v) is 8.37. The van der Waals surface area contributed by atoms with Gasteiger partial charge >= 0.3 is 0 Å². The van der Waals surface area contributed by atoms with Crippen LogP contribution in [0.25, 0.3) is 0 Å². The number of halogens is 3. The molecule has 4 aromatic rings. The van der Waals surface area contributed by atoms with Crippen LogP contribution in [0.2, 0.25) is 0 Å². The van der Waals surface area contributed by atoms with Gasteiger partial charge in [-0.2, -0.15) is 0 Å². The maximum Gasteiger partial charge on any atom is 0.231 e. The van der Waals surface area contributed by atoms with Gasteiger partial charge in [0.25, 0.3) is 0 Å². The number of nitrogens with one attached hydrogen (secondary N) is 2. The fourth-order valence-electron chi connectivity index (χ4n) is 3.83. The van der Waals surface area contributed by atoms with E-state index in [4.69, 9.17) is 0 Å². The Morgan fingerprint density at radius 2 is 1.68 bits per heavy atom. The van der Waals surface area contributed by atoms with E-state index in [0.717, 1.165) is 24.1 Å². The van der Waals surface area contributed by atoms with Gasteiger partial charge in [-0.1, -0.05) is 60.7 Å². The van der Waals surface area contributed by atoms with Crippen molar-refractivity contribution in [2.24, 2.45) is 0 Å². The number of amides is 1. The van der Waals surface area contributed by atoms with E-state index in [1.54, 1.807) is 35.2 Å². The number of imidazole rings is 1.